The molecule has 0 aromatic heterocycles. The third kappa shape index (κ3) is 9.75. The van der Waals surface area contributed by atoms with Crippen LogP contribution in [-0.2, 0) is 19.1 Å². The summed E-state index contributed by atoms with van der Waals surface area (Å²) in [5.41, 5.74) is 1.78. The highest BCUT2D eigenvalue weighted by molar-refractivity contribution is 5.95. The molecule has 7 heteroatoms. The average Bonchev–Trinajstić information content (AvgIpc) is 2.65. The lowest BCUT2D eigenvalue weighted by Gasteiger charge is -2.22. The minimum Gasteiger partial charge on any atom is -0.385 e. The smallest absolute Gasteiger partial charge is 0.243 e. The quantitative estimate of drug-likeness (QED) is 0.546. The standard InChI is InChI=1S/C20H31N3O4/c1-4-5-7-20(26)23(12-6-13-27-3)15-19(25)21-14-18(24)22-17-10-8-16(2)9-11-17/h8-11H,4-7,12-15H2,1-3H3,(H,21,25)(H,22,24). The number of amides is 3. The van der Waals surface area contributed by atoms with Crippen molar-refractivity contribution in [1.82, 2.24) is 10.2 Å². The number of aryl methyl sites for hydroxylation is 1. The number of unbranched alkanes of at least 4 members (excludes halogenated alkanes) is 1. The topological polar surface area (TPSA) is 87.7 Å². The Labute approximate surface area is 161 Å². The predicted octanol–water partition coefficient (Wildman–Crippen LogP) is 2.11. The lowest BCUT2D eigenvalue weighted by Crippen LogP contribution is -2.43. The Bertz CT molecular complexity index is 602. The Morgan fingerprint density at radius 2 is 1.78 bits per heavy atom. The number of anilines is 1. The number of benzene rings is 1. The van der Waals surface area contributed by atoms with Crippen LogP contribution in [0.3, 0.4) is 0 Å². The maximum atomic E-state index is 12.3. The number of rotatable bonds is 12. The molecule has 7 nitrogen and oxygen atoms in total. The van der Waals surface area contributed by atoms with Crippen molar-refractivity contribution >= 4 is 23.4 Å². The molecule has 0 radical (unpaired) electrons. The molecule has 0 atom stereocenters. The first-order valence-electron chi connectivity index (χ1n) is 9.36. The number of carbonyl (C=O) groups excluding carboxylic acids is 3. The fourth-order valence-corrected chi connectivity index (χ4v) is 2.43. The number of carbonyl (C=O) groups is 3. The van der Waals surface area contributed by atoms with E-state index >= 15 is 0 Å². The van der Waals surface area contributed by atoms with Gasteiger partial charge in [-0.3, -0.25) is 14.4 Å². The Balaban J connectivity index is 2.45. The number of methoxy groups -OCH3 is 1. The molecule has 0 unspecified atom stereocenters. The summed E-state index contributed by atoms with van der Waals surface area (Å²) in [5, 5.41) is 5.29. The van der Waals surface area contributed by atoms with Gasteiger partial charge >= 0.3 is 0 Å². The normalized spacial score (nSPS) is 10.3. The van der Waals surface area contributed by atoms with Gasteiger partial charge in [-0.2, -0.15) is 0 Å². The van der Waals surface area contributed by atoms with Crippen LogP contribution in [0, 0.1) is 6.92 Å². The van der Waals surface area contributed by atoms with E-state index in [-0.39, 0.29) is 30.8 Å². The first kappa shape index (κ1) is 22.6. The zero-order valence-corrected chi connectivity index (χ0v) is 16.5. The largest absolute Gasteiger partial charge is 0.385 e. The second-order valence-electron chi connectivity index (χ2n) is 6.46. The molecule has 0 saturated heterocycles. The van der Waals surface area contributed by atoms with Crippen molar-refractivity contribution in [2.75, 3.05) is 38.7 Å². The van der Waals surface area contributed by atoms with Gasteiger partial charge in [0.05, 0.1) is 13.1 Å². The fraction of sp³-hybridized carbons (Fsp3) is 0.550. The summed E-state index contributed by atoms with van der Waals surface area (Å²) in [4.78, 5) is 37.9. The molecule has 150 valence electrons. The molecular weight excluding hydrogens is 346 g/mol. The van der Waals surface area contributed by atoms with E-state index in [1.54, 1.807) is 19.2 Å². The summed E-state index contributed by atoms with van der Waals surface area (Å²) in [7, 11) is 1.60. The van der Waals surface area contributed by atoms with Crippen LogP contribution in [0.1, 0.15) is 38.2 Å². The molecule has 1 aromatic rings. The maximum Gasteiger partial charge on any atom is 0.243 e. The van der Waals surface area contributed by atoms with Crippen LogP contribution in [0.25, 0.3) is 0 Å². The van der Waals surface area contributed by atoms with Crippen molar-refractivity contribution in [2.45, 2.75) is 39.5 Å². The van der Waals surface area contributed by atoms with Crippen LogP contribution in [-0.4, -0.2) is 56.0 Å². The molecule has 0 aliphatic heterocycles. The zero-order valence-electron chi connectivity index (χ0n) is 16.5. The summed E-state index contributed by atoms with van der Waals surface area (Å²) in [5.74, 6) is -0.709. The van der Waals surface area contributed by atoms with E-state index in [1.807, 2.05) is 26.0 Å². The van der Waals surface area contributed by atoms with Crippen molar-refractivity contribution in [2.24, 2.45) is 0 Å². The summed E-state index contributed by atoms with van der Waals surface area (Å²) < 4.78 is 5.01. The third-order valence-corrected chi connectivity index (χ3v) is 3.99. The summed E-state index contributed by atoms with van der Waals surface area (Å²) in [6.45, 7) is 4.78. The van der Waals surface area contributed by atoms with E-state index in [4.69, 9.17) is 4.74 Å². The second kappa shape index (κ2) is 12.9. The Morgan fingerprint density at radius 1 is 1.07 bits per heavy atom. The minimum atomic E-state index is -0.351. The number of nitrogens with one attached hydrogen (secondary N) is 2. The van der Waals surface area contributed by atoms with Crippen molar-refractivity contribution in [3.8, 4) is 0 Å². The highest BCUT2D eigenvalue weighted by atomic mass is 16.5. The molecule has 0 spiro atoms. The first-order valence-corrected chi connectivity index (χ1v) is 9.36. The summed E-state index contributed by atoms with van der Waals surface area (Å²) in [6.07, 6.45) is 2.80. The van der Waals surface area contributed by atoms with Crippen LogP contribution in [0.5, 0.6) is 0 Å². The van der Waals surface area contributed by atoms with Crippen LogP contribution in [0.15, 0.2) is 24.3 Å². The van der Waals surface area contributed by atoms with E-state index in [0.717, 1.165) is 18.4 Å². The van der Waals surface area contributed by atoms with E-state index in [0.29, 0.717) is 31.7 Å². The van der Waals surface area contributed by atoms with Crippen molar-refractivity contribution < 1.29 is 19.1 Å². The number of nitrogens with zero attached hydrogens (tertiary/aromatic N) is 1. The van der Waals surface area contributed by atoms with Crippen LogP contribution in [0.4, 0.5) is 5.69 Å². The zero-order chi connectivity index (χ0) is 20.1. The van der Waals surface area contributed by atoms with Gasteiger partial charge in [0.25, 0.3) is 0 Å². The fourth-order valence-electron chi connectivity index (χ4n) is 2.43. The monoisotopic (exact) mass is 377 g/mol. The second-order valence-corrected chi connectivity index (χ2v) is 6.46. The van der Waals surface area contributed by atoms with Crippen LogP contribution < -0.4 is 10.6 Å². The molecule has 0 bridgehead atoms. The maximum absolute atomic E-state index is 12.3. The van der Waals surface area contributed by atoms with E-state index in [2.05, 4.69) is 10.6 Å². The molecule has 0 saturated carbocycles. The van der Waals surface area contributed by atoms with Gasteiger partial charge in [-0.25, -0.2) is 0 Å². The van der Waals surface area contributed by atoms with Crippen molar-refractivity contribution in [3.05, 3.63) is 29.8 Å². The molecule has 1 aromatic carbocycles. The molecule has 0 fully saturated rings. The van der Waals surface area contributed by atoms with Gasteiger partial charge in [-0.15, -0.1) is 0 Å². The van der Waals surface area contributed by atoms with Gasteiger partial charge in [0.2, 0.25) is 17.7 Å². The minimum absolute atomic E-state index is 0.0489. The highest BCUT2D eigenvalue weighted by Crippen LogP contribution is 2.08. The van der Waals surface area contributed by atoms with Gasteiger partial charge in [-0.05, 0) is 31.9 Å². The van der Waals surface area contributed by atoms with Gasteiger partial charge in [-0.1, -0.05) is 31.0 Å². The number of hydrogen-bond donors (Lipinski definition) is 2. The van der Waals surface area contributed by atoms with Gasteiger partial charge in [0.15, 0.2) is 0 Å². The SMILES string of the molecule is CCCCC(=O)N(CCCOC)CC(=O)NCC(=O)Nc1ccc(C)cc1. The first-order chi connectivity index (χ1) is 13.0. The highest BCUT2D eigenvalue weighted by Gasteiger charge is 2.17. The Kier molecular flexibility index (Phi) is 10.8. The van der Waals surface area contributed by atoms with Crippen molar-refractivity contribution in [3.63, 3.8) is 0 Å². The molecule has 2 N–H and O–H groups in total. The molecule has 0 aliphatic carbocycles. The van der Waals surface area contributed by atoms with Crippen LogP contribution in [0.2, 0.25) is 0 Å². The molecule has 3 amide bonds. The molecule has 27 heavy (non-hydrogen) atoms. The lowest BCUT2D eigenvalue weighted by molar-refractivity contribution is -0.136. The molecular formula is C20H31N3O4. The summed E-state index contributed by atoms with van der Waals surface area (Å²) in [6, 6.07) is 7.40. The van der Waals surface area contributed by atoms with Gasteiger partial charge in [0, 0.05) is 32.4 Å². The third-order valence-electron chi connectivity index (χ3n) is 3.99. The number of ether oxygens (including phenoxy) is 1. The van der Waals surface area contributed by atoms with E-state index in [1.165, 1.54) is 4.90 Å². The lowest BCUT2D eigenvalue weighted by atomic mass is 10.2. The predicted molar refractivity (Wildman–Crippen MR) is 105 cm³/mol. The van der Waals surface area contributed by atoms with Gasteiger partial charge in [0.1, 0.15) is 0 Å². The molecule has 0 heterocycles. The van der Waals surface area contributed by atoms with Crippen LogP contribution >= 0.6 is 0 Å². The van der Waals surface area contributed by atoms with E-state index < -0.39 is 0 Å². The molecule has 1 rings (SSSR count). The van der Waals surface area contributed by atoms with Crippen molar-refractivity contribution in [1.29, 1.82) is 0 Å². The summed E-state index contributed by atoms with van der Waals surface area (Å²) >= 11 is 0. The Hall–Kier alpha value is -2.41. The van der Waals surface area contributed by atoms with Gasteiger partial charge < -0.3 is 20.3 Å². The Morgan fingerprint density at radius 3 is 2.41 bits per heavy atom. The molecule has 0 aliphatic rings. The van der Waals surface area contributed by atoms with E-state index in [9.17, 15) is 14.4 Å². The number of hydrogen-bond acceptors (Lipinski definition) is 4. The average molecular weight is 377 g/mol.